The Balaban J connectivity index is 1.55. The number of fused-ring (bicyclic) bond motifs is 7. The summed E-state index contributed by atoms with van der Waals surface area (Å²) < 4.78 is 0. The van der Waals surface area contributed by atoms with Gasteiger partial charge in [0.25, 0.3) is 0 Å². The van der Waals surface area contributed by atoms with E-state index < -0.39 is 0 Å². The molecule has 5 rings (SSSR count). The van der Waals surface area contributed by atoms with Crippen molar-refractivity contribution in [3.8, 4) is 0 Å². The second-order valence-corrected chi connectivity index (χ2v) is 14.6. The highest BCUT2D eigenvalue weighted by Crippen LogP contribution is 2.76. The zero-order valence-corrected chi connectivity index (χ0v) is 21.5. The smallest absolute Gasteiger partial charge is 0.0198 e. The molecule has 0 amide bonds. The summed E-state index contributed by atoms with van der Waals surface area (Å²) in [6.45, 7) is 21.2. The normalized spacial score (nSPS) is 57.3. The van der Waals surface area contributed by atoms with E-state index in [1.807, 2.05) is 0 Å². The van der Waals surface area contributed by atoms with E-state index in [1.54, 1.807) is 5.57 Å². The quantitative estimate of drug-likeness (QED) is 0.349. The number of allylic oxidation sites excluding steroid dienone is 2. The van der Waals surface area contributed by atoms with Gasteiger partial charge in [-0.1, -0.05) is 66.5 Å². The predicted molar refractivity (Wildman–Crippen MR) is 129 cm³/mol. The molecule has 0 spiro atoms. The molecule has 0 aromatic heterocycles. The van der Waals surface area contributed by atoms with Gasteiger partial charge in [0.05, 0.1) is 0 Å². The lowest BCUT2D eigenvalue weighted by molar-refractivity contribution is -0.240. The van der Waals surface area contributed by atoms with Crippen molar-refractivity contribution in [1.82, 2.24) is 0 Å². The summed E-state index contributed by atoms with van der Waals surface area (Å²) in [6.07, 6.45) is 17.3. The van der Waals surface area contributed by atoms with Crippen LogP contribution < -0.4 is 0 Å². The molecule has 5 aliphatic rings. The van der Waals surface area contributed by atoms with E-state index in [0.29, 0.717) is 27.1 Å². The third-order valence-electron chi connectivity index (χ3n) is 13.3. The largest absolute Gasteiger partial charge is 0.0848 e. The zero-order valence-electron chi connectivity index (χ0n) is 21.5. The molecule has 0 N–H and O–H groups in total. The van der Waals surface area contributed by atoms with Gasteiger partial charge in [-0.2, -0.15) is 0 Å². The fourth-order valence-electron chi connectivity index (χ4n) is 11.4. The lowest BCUT2D eigenvalue weighted by Gasteiger charge is -2.73. The molecule has 0 aliphatic heterocycles. The van der Waals surface area contributed by atoms with Crippen molar-refractivity contribution >= 4 is 0 Å². The SMILES string of the molecule is CC1=CC[C@]2(C)CC[C@]3(C)[C@H](CC[C@@H]4[C@@]5(C)CCCC(C)(C)[C@@H]5CC[C@]43C)[C@H]2[C@@H]1C. The van der Waals surface area contributed by atoms with E-state index >= 15 is 0 Å². The van der Waals surface area contributed by atoms with Gasteiger partial charge >= 0.3 is 0 Å². The number of rotatable bonds is 0. The van der Waals surface area contributed by atoms with Crippen LogP contribution in [0.5, 0.6) is 0 Å². The first-order valence-electron chi connectivity index (χ1n) is 13.6. The Morgan fingerprint density at radius 1 is 0.767 bits per heavy atom. The summed E-state index contributed by atoms with van der Waals surface area (Å²) in [5, 5.41) is 0. The molecule has 5 aliphatic carbocycles. The van der Waals surface area contributed by atoms with Gasteiger partial charge in [0.15, 0.2) is 0 Å². The van der Waals surface area contributed by atoms with E-state index in [4.69, 9.17) is 0 Å². The van der Waals surface area contributed by atoms with Crippen LogP contribution in [0.25, 0.3) is 0 Å². The van der Waals surface area contributed by atoms with Gasteiger partial charge in [-0.05, 0) is 121 Å². The highest BCUT2D eigenvalue weighted by atomic mass is 14.7. The lowest BCUT2D eigenvalue weighted by atomic mass is 9.31. The van der Waals surface area contributed by atoms with Crippen LogP contribution in [0.15, 0.2) is 11.6 Å². The fraction of sp³-hybridized carbons (Fsp3) is 0.933. The summed E-state index contributed by atoms with van der Waals surface area (Å²) in [6, 6.07) is 0. The highest BCUT2D eigenvalue weighted by Gasteiger charge is 2.68. The minimum atomic E-state index is 0.543. The topological polar surface area (TPSA) is 0 Å². The fourth-order valence-corrected chi connectivity index (χ4v) is 11.4. The van der Waals surface area contributed by atoms with Crippen LogP contribution in [-0.2, 0) is 0 Å². The molecule has 0 nitrogen and oxygen atoms in total. The van der Waals surface area contributed by atoms with Gasteiger partial charge in [0, 0.05) is 0 Å². The van der Waals surface area contributed by atoms with Gasteiger partial charge in [-0.3, -0.25) is 0 Å². The van der Waals surface area contributed by atoms with E-state index in [9.17, 15) is 0 Å². The summed E-state index contributed by atoms with van der Waals surface area (Å²) in [7, 11) is 0. The van der Waals surface area contributed by atoms with Crippen molar-refractivity contribution < 1.29 is 0 Å². The molecular weight excluding hydrogens is 360 g/mol. The standard InChI is InChI=1S/C30H50/c1-20-12-16-27(5)18-19-29(7)22(25(27)21(20)2)10-11-24-28(6)15-9-14-26(3,4)23(28)13-17-30(24,29)8/h12,21-25H,9-11,13-19H2,1-8H3/t21-,22-,23+,24-,25-,27-,28+,29-,30-/m1/s1. The van der Waals surface area contributed by atoms with Crippen LogP contribution >= 0.6 is 0 Å². The van der Waals surface area contributed by atoms with Gasteiger partial charge in [0.1, 0.15) is 0 Å². The Morgan fingerprint density at radius 3 is 2.23 bits per heavy atom. The molecule has 170 valence electrons. The summed E-state index contributed by atoms with van der Waals surface area (Å²) >= 11 is 0. The van der Waals surface area contributed by atoms with Gasteiger partial charge in [-0.25, -0.2) is 0 Å². The molecule has 30 heavy (non-hydrogen) atoms. The second-order valence-electron chi connectivity index (χ2n) is 14.6. The van der Waals surface area contributed by atoms with Crippen LogP contribution in [0.2, 0.25) is 0 Å². The molecular formula is C30H50. The van der Waals surface area contributed by atoms with E-state index in [0.717, 1.165) is 29.6 Å². The Hall–Kier alpha value is -0.260. The van der Waals surface area contributed by atoms with Crippen molar-refractivity contribution in [2.75, 3.05) is 0 Å². The van der Waals surface area contributed by atoms with Crippen LogP contribution in [-0.4, -0.2) is 0 Å². The van der Waals surface area contributed by atoms with Crippen LogP contribution in [0.3, 0.4) is 0 Å². The van der Waals surface area contributed by atoms with Crippen molar-refractivity contribution in [3.05, 3.63) is 11.6 Å². The summed E-state index contributed by atoms with van der Waals surface area (Å²) in [5.74, 6) is 4.53. The van der Waals surface area contributed by atoms with Gasteiger partial charge in [0.2, 0.25) is 0 Å². The maximum atomic E-state index is 2.80. The number of hydrogen-bond donors (Lipinski definition) is 0. The zero-order chi connectivity index (χ0) is 21.7. The maximum absolute atomic E-state index is 2.80. The average Bonchev–Trinajstić information content (AvgIpc) is 2.65. The third kappa shape index (κ3) is 2.52. The molecule has 4 saturated carbocycles. The first-order valence-corrected chi connectivity index (χ1v) is 13.6. The highest BCUT2D eigenvalue weighted by molar-refractivity contribution is 5.22. The average molecular weight is 411 g/mol. The number of hydrogen-bond acceptors (Lipinski definition) is 0. The molecule has 0 heteroatoms. The van der Waals surface area contributed by atoms with Crippen molar-refractivity contribution in [1.29, 1.82) is 0 Å². The molecule has 0 saturated heterocycles. The molecule has 0 aromatic rings. The molecule has 0 aromatic carbocycles. The van der Waals surface area contributed by atoms with E-state index in [-0.39, 0.29) is 0 Å². The molecule has 0 heterocycles. The second kappa shape index (κ2) is 6.41. The predicted octanol–water partition coefficient (Wildman–Crippen LogP) is 9.05. The molecule has 9 atom stereocenters. The molecule has 0 bridgehead atoms. The van der Waals surface area contributed by atoms with E-state index in [1.165, 1.54) is 64.2 Å². The minimum absolute atomic E-state index is 0.543. The van der Waals surface area contributed by atoms with Crippen molar-refractivity contribution in [2.45, 2.75) is 120 Å². The molecule has 0 radical (unpaired) electrons. The minimum Gasteiger partial charge on any atom is -0.0848 e. The summed E-state index contributed by atoms with van der Waals surface area (Å²) in [4.78, 5) is 0. The van der Waals surface area contributed by atoms with Crippen LogP contribution in [0.1, 0.15) is 120 Å². The Bertz CT molecular complexity index is 743. The molecule has 4 fully saturated rings. The Morgan fingerprint density at radius 2 is 1.50 bits per heavy atom. The first-order chi connectivity index (χ1) is 13.9. The Kier molecular flexibility index (Phi) is 4.61. The van der Waals surface area contributed by atoms with Crippen LogP contribution in [0, 0.1) is 56.7 Å². The van der Waals surface area contributed by atoms with Crippen molar-refractivity contribution in [3.63, 3.8) is 0 Å². The first kappa shape index (κ1) is 21.6. The third-order valence-corrected chi connectivity index (χ3v) is 13.3. The lowest BCUT2D eigenvalue weighted by Crippen LogP contribution is -2.66. The Labute approximate surface area is 188 Å². The maximum Gasteiger partial charge on any atom is -0.0198 e. The van der Waals surface area contributed by atoms with Gasteiger partial charge in [-0.15, -0.1) is 0 Å². The molecule has 0 unspecified atom stereocenters. The van der Waals surface area contributed by atoms with Crippen LogP contribution in [0.4, 0.5) is 0 Å². The monoisotopic (exact) mass is 410 g/mol. The summed E-state index contributed by atoms with van der Waals surface area (Å²) in [5.41, 5.74) is 4.47. The van der Waals surface area contributed by atoms with E-state index in [2.05, 4.69) is 61.5 Å². The van der Waals surface area contributed by atoms with Gasteiger partial charge < -0.3 is 0 Å². The van der Waals surface area contributed by atoms with Crippen molar-refractivity contribution in [2.24, 2.45) is 56.7 Å².